The molecule has 8 heteroatoms. The second-order valence-corrected chi connectivity index (χ2v) is 9.68. The van der Waals surface area contributed by atoms with Gasteiger partial charge in [0.2, 0.25) is 5.88 Å². The van der Waals surface area contributed by atoms with Gasteiger partial charge in [-0.25, -0.2) is 9.78 Å². The fraction of sp³-hybridized carbons (Fsp3) is 0.462. The first-order chi connectivity index (χ1) is 16.3. The standard InChI is InChI=1S/C26H30N4O4/c1-14-15(2)33-25(31)19-8-5-16(30-23(14)19)9-17-10-20-21(11-28-17)24(34-18-6-7-18)29-12-22(20)26(3,27)13-32-4/h5,8,10-12,14-15,18H,6-7,9,13,27H2,1-4H3/t14-,15-,26+/m0/s1. The maximum Gasteiger partial charge on any atom is 0.340 e. The van der Waals surface area contributed by atoms with Crippen LogP contribution in [-0.2, 0) is 21.4 Å². The lowest BCUT2D eigenvalue weighted by Crippen LogP contribution is -2.38. The Morgan fingerprint density at radius 2 is 1.94 bits per heavy atom. The molecule has 0 radical (unpaired) electrons. The third kappa shape index (κ3) is 4.23. The number of pyridine rings is 3. The van der Waals surface area contributed by atoms with Gasteiger partial charge in [0.25, 0.3) is 0 Å². The third-order valence-electron chi connectivity index (χ3n) is 6.65. The Hall–Kier alpha value is -3.10. The summed E-state index contributed by atoms with van der Waals surface area (Å²) in [5.74, 6) is 0.301. The van der Waals surface area contributed by atoms with Crippen LogP contribution in [0.3, 0.4) is 0 Å². The molecule has 5 rings (SSSR count). The van der Waals surface area contributed by atoms with Crippen LogP contribution in [0.2, 0.25) is 0 Å². The average molecular weight is 463 g/mol. The molecule has 34 heavy (non-hydrogen) atoms. The zero-order valence-corrected chi connectivity index (χ0v) is 20.0. The van der Waals surface area contributed by atoms with E-state index in [9.17, 15) is 4.79 Å². The van der Waals surface area contributed by atoms with Crippen LogP contribution >= 0.6 is 0 Å². The molecular formula is C26H30N4O4. The summed E-state index contributed by atoms with van der Waals surface area (Å²) >= 11 is 0. The van der Waals surface area contributed by atoms with E-state index in [4.69, 9.17) is 29.9 Å². The highest BCUT2D eigenvalue weighted by Crippen LogP contribution is 2.35. The molecule has 1 fully saturated rings. The number of fused-ring (bicyclic) bond motifs is 2. The Bertz CT molecular complexity index is 1260. The maximum absolute atomic E-state index is 12.2. The van der Waals surface area contributed by atoms with Crippen LogP contribution in [0.5, 0.6) is 5.88 Å². The van der Waals surface area contributed by atoms with E-state index in [0.717, 1.165) is 46.3 Å². The van der Waals surface area contributed by atoms with Gasteiger partial charge in [-0.05, 0) is 50.3 Å². The van der Waals surface area contributed by atoms with Crippen LogP contribution < -0.4 is 10.5 Å². The Morgan fingerprint density at radius 3 is 2.68 bits per heavy atom. The molecule has 1 aliphatic carbocycles. The highest BCUT2D eigenvalue weighted by molar-refractivity contribution is 5.92. The van der Waals surface area contributed by atoms with E-state index in [1.807, 2.05) is 39.1 Å². The fourth-order valence-corrected chi connectivity index (χ4v) is 4.40. The van der Waals surface area contributed by atoms with Gasteiger partial charge in [-0.1, -0.05) is 6.92 Å². The van der Waals surface area contributed by atoms with E-state index in [-0.39, 0.29) is 24.1 Å². The number of hydrogen-bond donors (Lipinski definition) is 1. The summed E-state index contributed by atoms with van der Waals surface area (Å²) in [5, 5.41) is 1.78. The van der Waals surface area contributed by atoms with Crippen molar-refractivity contribution >= 4 is 16.7 Å². The molecule has 0 unspecified atom stereocenters. The van der Waals surface area contributed by atoms with Gasteiger partial charge < -0.3 is 19.9 Å². The molecule has 3 aromatic rings. The molecule has 0 saturated heterocycles. The molecule has 0 aromatic carbocycles. The van der Waals surface area contributed by atoms with Crippen LogP contribution in [-0.4, -0.2) is 46.8 Å². The minimum Gasteiger partial charge on any atom is -0.474 e. The van der Waals surface area contributed by atoms with Gasteiger partial charge in [0.15, 0.2) is 0 Å². The van der Waals surface area contributed by atoms with Crippen LogP contribution in [0, 0.1) is 0 Å². The molecule has 0 spiro atoms. The molecule has 0 amide bonds. The highest BCUT2D eigenvalue weighted by atomic mass is 16.5. The molecule has 0 bridgehead atoms. The van der Waals surface area contributed by atoms with Crippen molar-refractivity contribution in [3.05, 3.63) is 58.8 Å². The number of methoxy groups -OCH3 is 1. The number of aromatic nitrogens is 3. The summed E-state index contributed by atoms with van der Waals surface area (Å²) in [5.41, 5.74) is 9.77. The largest absolute Gasteiger partial charge is 0.474 e. The first-order valence-corrected chi connectivity index (χ1v) is 11.7. The van der Waals surface area contributed by atoms with Crippen LogP contribution in [0.15, 0.2) is 30.6 Å². The molecule has 1 aliphatic heterocycles. The number of cyclic esters (lactones) is 1. The second kappa shape index (κ2) is 8.60. The lowest BCUT2D eigenvalue weighted by molar-refractivity contribution is 0.0234. The van der Waals surface area contributed by atoms with Crippen molar-refractivity contribution in [3.63, 3.8) is 0 Å². The van der Waals surface area contributed by atoms with Crippen molar-refractivity contribution in [2.75, 3.05) is 13.7 Å². The van der Waals surface area contributed by atoms with Crippen molar-refractivity contribution in [1.29, 1.82) is 0 Å². The number of carbonyl (C=O) groups is 1. The number of ether oxygens (including phenoxy) is 3. The molecule has 178 valence electrons. The van der Waals surface area contributed by atoms with Crippen LogP contribution in [0.25, 0.3) is 10.8 Å². The van der Waals surface area contributed by atoms with E-state index in [1.165, 1.54) is 0 Å². The van der Waals surface area contributed by atoms with Crippen molar-refractivity contribution in [2.24, 2.45) is 5.73 Å². The van der Waals surface area contributed by atoms with Gasteiger partial charge in [-0.2, -0.15) is 0 Å². The normalized spacial score (nSPS) is 21.6. The summed E-state index contributed by atoms with van der Waals surface area (Å²) in [6, 6.07) is 5.70. The van der Waals surface area contributed by atoms with E-state index < -0.39 is 5.54 Å². The SMILES string of the molecule is COC[C@@](C)(N)c1cnc(OC2CC2)c2cnc(Cc3ccc4c(n3)[C@@H](C)[C@H](C)OC4=O)cc12. The molecule has 2 aliphatic rings. The number of nitrogens with two attached hydrogens (primary N) is 1. The monoisotopic (exact) mass is 462 g/mol. The number of esters is 1. The van der Waals surface area contributed by atoms with Crippen LogP contribution in [0.4, 0.5) is 0 Å². The lowest BCUT2D eigenvalue weighted by atomic mass is 9.91. The van der Waals surface area contributed by atoms with E-state index >= 15 is 0 Å². The fourth-order valence-electron chi connectivity index (χ4n) is 4.40. The minimum absolute atomic E-state index is 0.0315. The summed E-state index contributed by atoms with van der Waals surface area (Å²) < 4.78 is 16.8. The van der Waals surface area contributed by atoms with E-state index in [0.29, 0.717) is 24.5 Å². The summed E-state index contributed by atoms with van der Waals surface area (Å²) in [7, 11) is 1.64. The predicted octanol–water partition coefficient (Wildman–Crippen LogP) is 3.64. The van der Waals surface area contributed by atoms with E-state index in [2.05, 4.69) is 4.98 Å². The second-order valence-electron chi connectivity index (χ2n) is 9.68. The quantitative estimate of drug-likeness (QED) is 0.530. The Morgan fingerprint density at radius 1 is 1.15 bits per heavy atom. The smallest absolute Gasteiger partial charge is 0.340 e. The van der Waals surface area contributed by atoms with Crippen molar-refractivity contribution in [1.82, 2.24) is 15.0 Å². The topological polar surface area (TPSA) is 109 Å². The number of carbonyl (C=O) groups excluding carboxylic acids is 1. The average Bonchev–Trinajstić information content (AvgIpc) is 3.61. The summed E-state index contributed by atoms with van der Waals surface area (Å²) in [6.07, 6.45) is 6.22. The molecule has 4 heterocycles. The van der Waals surface area contributed by atoms with Gasteiger partial charge in [0, 0.05) is 48.8 Å². The molecule has 2 N–H and O–H groups in total. The Balaban J connectivity index is 1.54. The summed E-state index contributed by atoms with van der Waals surface area (Å²) in [4.78, 5) is 26.3. The molecule has 8 nitrogen and oxygen atoms in total. The van der Waals surface area contributed by atoms with Crippen molar-refractivity contribution in [2.45, 2.75) is 63.7 Å². The highest BCUT2D eigenvalue weighted by Gasteiger charge is 2.32. The summed E-state index contributed by atoms with van der Waals surface area (Å²) in [6.45, 7) is 6.20. The van der Waals surface area contributed by atoms with Gasteiger partial charge in [-0.15, -0.1) is 0 Å². The third-order valence-corrected chi connectivity index (χ3v) is 6.65. The molecule has 1 saturated carbocycles. The lowest BCUT2D eigenvalue weighted by Gasteiger charge is -2.27. The minimum atomic E-state index is -0.729. The Kier molecular flexibility index (Phi) is 5.73. The Labute approximate surface area is 198 Å². The zero-order chi connectivity index (χ0) is 24.0. The van der Waals surface area contributed by atoms with Gasteiger partial charge in [-0.3, -0.25) is 9.97 Å². The zero-order valence-electron chi connectivity index (χ0n) is 20.0. The first-order valence-electron chi connectivity index (χ1n) is 11.7. The van der Waals surface area contributed by atoms with Gasteiger partial charge >= 0.3 is 5.97 Å². The molecular weight excluding hydrogens is 432 g/mol. The number of nitrogens with zero attached hydrogens (tertiary/aromatic N) is 3. The predicted molar refractivity (Wildman–Crippen MR) is 127 cm³/mol. The number of hydrogen-bond acceptors (Lipinski definition) is 8. The van der Waals surface area contributed by atoms with E-state index in [1.54, 1.807) is 19.4 Å². The molecule has 3 aromatic heterocycles. The number of rotatable bonds is 7. The van der Waals surface area contributed by atoms with Crippen LogP contribution in [0.1, 0.15) is 72.5 Å². The first kappa shape index (κ1) is 22.7. The van der Waals surface area contributed by atoms with Gasteiger partial charge in [0.05, 0.1) is 28.8 Å². The van der Waals surface area contributed by atoms with Gasteiger partial charge in [0.1, 0.15) is 12.2 Å². The maximum atomic E-state index is 12.2. The van der Waals surface area contributed by atoms with Crippen molar-refractivity contribution < 1.29 is 19.0 Å². The van der Waals surface area contributed by atoms with Crippen molar-refractivity contribution in [3.8, 4) is 5.88 Å². The molecule has 3 atom stereocenters.